The summed E-state index contributed by atoms with van der Waals surface area (Å²) < 4.78 is 5.55. The Morgan fingerprint density at radius 3 is 2.67 bits per heavy atom. The maximum absolute atomic E-state index is 5.55. The lowest BCUT2D eigenvalue weighted by molar-refractivity contribution is 0.0770. The molecule has 2 aliphatic heterocycles. The number of ether oxygens (including phenoxy) is 1. The Kier molecular flexibility index (Phi) is 8.01. The normalized spacial score (nSPS) is 25.0. The van der Waals surface area contributed by atoms with Gasteiger partial charge >= 0.3 is 0 Å². The first-order chi connectivity index (χ1) is 10.3. The topological polar surface area (TPSA) is 27.7 Å². The van der Waals surface area contributed by atoms with Gasteiger partial charge in [0.15, 0.2) is 0 Å². The molecule has 0 aromatic carbocycles. The van der Waals surface area contributed by atoms with E-state index >= 15 is 0 Å². The van der Waals surface area contributed by atoms with Gasteiger partial charge in [0, 0.05) is 32.3 Å². The van der Waals surface area contributed by atoms with E-state index in [1.54, 1.807) is 0 Å². The second kappa shape index (κ2) is 9.78. The number of nitrogens with one attached hydrogen (secondary N) is 1. The van der Waals surface area contributed by atoms with Crippen molar-refractivity contribution in [2.75, 3.05) is 52.4 Å². The van der Waals surface area contributed by atoms with Crippen LogP contribution in [0.4, 0.5) is 0 Å². The molecular weight excluding hydrogens is 262 g/mol. The maximum atomic E-state index is 5.55. The SMILES string of the molecule is CC(C)OCCCNCCN1CCC(N2CCCCC2)C1. The van der Waals surface area contributed by atoms with Gasteiger partial charge in [0.05, 0.1) is 6.10 Å². The van der Waals surface area contributed by atoms with Gasteiger partial charge in [0.2, 0.25) is 0 Å². The van der Waals surface area contributed by atoms with E-state index in [9.17, 15) is 0 Å². The van der Waals surface area contributed by atoms with Crippen LogP contribution in [0.15, 0.2) is 0 Å². The minimum Gasteiger partial charge on any atom is -0.379 e. The van der Waals surface area contributed by atoms with Gasteiger partial charge in [-0.25, -0.2) is 0 Å². The molecule has 0 amide bonds. The summed E-state index contributed by atoms with van der Waals surface area (Å²) >= 11 is 0. The lowest BCUT2D eigenvalue weighted by atomic mass is 10.1. The minimum absolute atomic E-state index is 0.362. The van der Waals surface area contributed by atoms with Crippen LogP contribution in [0.25, 0.3) is 0 Å². The van der Waals surface area contributed by atoms with E-state index in [1.807, 2.05) is 0 Å². The highest BCUT2D eigenvalue weighted by molar-refractivity contribution is 4.84. The summed E-state index contributed by atoms with van der Waals surface area (Å²) in [5, 5.41) is 3.55. The van der Waals surface area contributed by atoms with Crippen molar-refractivity contribution in [3.63, 3.8) is 0 Å². The molecule has 0 bridgehead atoms. The molecule has 21 heavy (non-hydrogen) atoms. The van der Waals surface area contributed by atoms with Crippen molar-refractivity contribution in [2.24, 2.45) is 0 Å². The molecule has 4 nitrogen and oxygen atoms in total. The summed E-state index contributed by atoms with van der Waals surface area (Å²) in [6.07, 6.45) is 7.13. The highest BCUT2D eigenvalue weighted by Crippen LogP contribution is 2.19. The Morgan fingerprint density at radius 1 is 1.10 bits per heavy atom. The van der Waals surface area contributed by atoms with Gasteiger partial charge < -0.3 is 15.0 Å². The molecule has 1 unspecified atom stereocenters. The third kappa shape index (κ3) is 6.64. The number of likely N-dealkylation sites (tertiary alicyclic amines) is 2. The summed E-state index contributed by atoms with van der Waals surface area (Å²) in [6, 6.07) is 0.838. The first kappa shape index (κ1) is 17.2. The lowest BCUT2D eigenvalue weighted by Crippen LogP contribution is -2.41. The maximum Gasteiger partial charge on any atom is 0.0518 e. The summed E-state index contributed by atoms with van der Waals surface area (Å²) in [7, 11) is 0. The predicted octanol–water partition coefficient (Wildman–Crippen LogP) is 1.95. The van der Waals surface area contributed by atoms with Gasteiger partial charge in [0.1, 0.15) is 0 Å². The van der Waals surface area contributed by atoms with E-state index in [-0.39, 0.29) is 0 Å². The predicted molar refractivity (Wildman–Crippen MR) is 88.8 cm³/mol. The van der Waals surface area contributed by atoms with E-state index in [0.29, 0.717) is 6.10 Å². The Bertz CT molecular complexity index is 267. The number of piperidine rings is 1. The molecule has 0 aliphatic carbocycles. The van der Waals surface area contributed by atoms with Crippen molar-refractivity contribution in [3.05, 3.63) is 0 Å². The van der Waals surface area contributed by atoms with Crippen LogP contribution in [-0.4, -0.2) is 74.4 Å². The average Bonchev–Trinajstić information content (AvgIpc) is 2.96. The van der Waals surface area contributed by atoms with Gasteiger partial charge in [-0.05, 0) is 65.7 Å². The molecular formula is C17H35N3O. The van der Waals surface area contributed by atoms with E-state index in [4.69, 9.17) is 4.74 Å². The highest BCUT2D eigenvalue weighted by Gasteiger charge is 2.27. The number of nitrogens with zero attached hydrogens (tertiary/aromatic N) is 2. The molecule has 2 saturated heterocycles. The summed E-state index contributed by atoms with van der Waals surface area (Å²) in [6.45, 7) is 13.7. The summed E-state index contributed by atoms with van der Waals surface area (Å²) in [4.78, 5) is 5.37. The first-order valence-electron chi connectivity index (χ1n) is 9.04. The van der Waals surface area contributed by atoms with Crippen molar-refractivity contribution in [2.45, 2.75) is 58.1 Å². The van der Waals surface area contributed by atoms with Crippen molar-refractivity contribution in [1.82, 2.24) is 15.1 Å². The minimum atomic E-state index is 0.362. The van der Waals surface area contributed by atoms with E-state index < -0.39 is 0 Å². The fraction of sp³-hybridized carbons (Fsp3) is 1.00. The van der Waals surface area contributed by atoms with Crippen LogP contribution >= 0.6 is 0 Å². The van der Waals surface area contributed by atoms with Crippen molar-refractivity contribution in [1.29, 1.82) is 0 Å². The van der Waals surface area contributed by atoms with Crippen LogP contribution in [0.5, 0.6) is 0 Å². The molecule has 4 heteroatoms. The Labute approximate surface area is 131 Å². The van der Waals surface area contributed by atoms with Crippen molar-refractivity contribution < 1.29 is 4.74 Å². The smallest absolute Gasteiger partial charge is 0.0518 e. The number of hydrogen-bond donors (Lipinski definition) is 1. The van der Waals surface area contributed by atoms with Gasteiger partial charge in [0.25, 0.3) is 0 Å². The Balaban J connectivity index is 1.46. The largest absolute Gasteiger partial charge is 0.379 e. The zero-order valence-corrected chi connectivity index (χ0v) is 14.1. The van der Waals surface area contributed by atoms with Gasteiger partial charge in [-0.2, -0.15) is 0 Å². The first-order valence-corrected chi connectivity index (χ1v) is 9.04. The number of hydrogen-bond acceptors (Lipinski definition) is 4. The molecule has 2 heterocycles. The molecule has 0 aromatic heterocycles. The molecule has 124 valence electrons. The van der Waals surface area contributed by atoms with Crippen LogP contribution < -0.4 is 5.32 Å². The van der Waals surface area contributed by atoms with Gasteiger partial charge in [-0.15, -0.1) is 0 Å². The zero-order chi connectivity index (χ0) is 14.9. The van der Waals surface area contributed by atoms with Crippen molar-refractivity contribution in [3.8, 4) is 0 Å². The summed E-state index contributed by atoms with van der Waals surface area (Å²) in [5.74, 6) is 0. The van der Waals surface area contributed by atoms with E-state index in [0.717, 1.165) is 32.2 Å². The third-order valence-electron chi connectivity index (χ3n) is 4.71. The average molecular weight is 297 g/mol. The van der Waals surface area contributed by atoms with Gasteiger partial charge in [-0.3, -0.25) is 4.90 Å². The van der Waals surface area contributed by atoms with Crippen LogP contribution in [-0.2, 0) is 4.74 Å². The quantitative estimate of drug-likeness (QED) is 0.658. The zero-order valence-electron chi connectivity index (χ0n) is 14.1. The van der Waals surface area contributed by atoms with Crippen LogP contribution in [0.1, 0.15) is 46.0 Å². The molecule has 2 rings (SSSR count). The molecule has 1 N–H and O–H groups in total. The highest BCUT2D eigenvalue weighted by atomic mass is 16.5. The van der Waals surface area contributed by atoms with Crippen molar-refractivity contribution >= 4 is 0 Å². The Morgan fingerprint density at radius 2 is 1.90 bits per heavy atom. The van der Waals surface area contributed by atoms with Crippen LogP contribution in [0, 0.1) is 0 Å². The van der Waals surface area contributed by atoms with Crippen LogP contribution in [0.2, 0.25) is 0 Å². The molecule has 0 saturated carbocycles. The van der Waals surface area contributed by atoms with Gasteiger partial charge in [-0.1, -0.05) is 6.42 Å². The van der Waals surface area contributed by atoms with Crippen LogP contribution in [0.3, 0.4) is 0 Å². The second-order valence-electron chi connectivity index (χ2n) is 6.86. The van der Waals surface area contributed by atoms with E-state index in [1.165, 1.54) is 58.4 Å². The molecule has 1 atom stereocenters. The Hall–Kier alpha value is -0.160. The molecule has 0 radical (unpaired) electrons. The fourth-order valence-electron chi connectivity index (χ4n) is 3.48. The standard InChI is InChI=1S/C17H35N3O/c1-16(2)21-14-6-8-18-9-13-19-12-7-17(15-19)20-10-4-3-5-11-20/h16-18H,3-15H2,1-2H3. The third-order valence-corrected chi connectivity index (χ3v) is 4.71. The number of rotatable bonds is 9. The second-order valence-corrected chi connectivity index (χ2v) is 6.86. The molecule has 2 fully saturated rings. The summed E-state index contributed by atoms with van der Waals surface area (Å²) in [5.41, 5.74) is 0. The fourth-order valence-corrected chi connectivity index (χ4v) is 3.48. The lowest BCUT2D eigenvalue weighted by Gasteiger charge is -2.32. The molecule has 2 aliphatic rings. The molecule has 0 spiro atoms. The van der Waals surface area contributed by atoms with E-state index in [2.05, 4.69) is 29.0 Å². The molecule has 0 aromatic rings. The monoisotopic (exact) mass is 297 g/mol.